The number of hydrogen-bond acceptors (Lipinski definition) is 3. The van der Waals surface area contributed by atoms with Crippen LogP contribution < -0.4 is 15.4 Å². The molecule has 1 aliphatic rings. The standard InChI is InChI=1S/C16H24N2O2/c1-3-16(9-11-17-12-16)15(19)18-10-8-13-6-4-5-7-14(13)20-2/h4-7,17H,3,8-12H2,1-2H3,(H,18,19). The fraction of sp³-hybridized carbons (Fsp3) is 0.562. The molecule has 0 radical (unpaired) electrons. The Hall–Kier alpha value is -1.55. The molecular weight excluding hydrogens is 252 g/mol. The lowest BCUT2D eigenvalue weighted by atomic mass is 9.83. The van der Waals surface area contributed by atoms with E-state index < -0.39 is 0 Å². The molecule has 110 valence electrons. The average Bonchev–Trinajstić information content (AvgIpc) is 2.98. The van der Waals surface area contributed by atoms with Gasteiger partial charge in [-0.15, -0.1) is 0 Å². The first-order valence-electron chi connectivity index (χ1n) is 7.33. The van der Waals surface area contributed by atoms with Gasteiger partial charge in [0.1, 0.15) is 5.75 Å². The highest BCUT2D eigenvalue weighted by atomic mass is 16.5. The molecular formula is C16H24N2O2. The zero-order valence-corrected chi connectivity index (χ0v) is 12.4. The molecule has 1 atom stereocenters. The Morgan fingerprint density at radius 2 is 2.25 bits per heavy atom. The third kappa shape index (κ3) is 3.12. The Morgan fingerprint density at radius 1 is 1.45 bits per heavy atom. The number of benzene rings is 1. The predicted molar refractivity (Wildman–Crippen MR) is 79.9 cm³/mol. The van der Waals surface area contributed by atoms with Gasteiger partial charge in [0.25, 0.3) is 0 Å². The highest BCUT2D eigenvalue weighted by Gasteiger charge is 2.39. The lowest BCUT2D eigenvalue weighted by molar-refractivity contribution is -0.130. The number of rotatable bonds is 6. The second-order valence-electron chi connectivity index (χ2n) is 5.38. The molecule has 0 spiro atoms. The number of carbonyl (C=O) groups excluding carboxylic acids is 1. The number of carbonyl (C=O) groups is 1. The maximum atomic E-state index is 12.4. The Morgan fingerprint density at radius 3 is 2.90 bits per heavy atom. The van der Waals surface area contributed by atoms with E-state index in [-0.39, 0.29) is 11.3 Å². The van der Waals surface area contributed by atoms with Crippen LogP contribution in [0.15, 0.2) is 24.3 Å². The van der Waals surface area contributed by atoms with Gasteiger partial charge in [0.15, 0.2) is 0 Å². The van der Waals surface area contributed by atoms with E-state index in [9.17, 15) is 4.79 Å². The quantitative estimate of drug-likeness (QED) is 0.832. The highest BCUT2D eigenvalue weighted by molar-refractivity contribution is 5.83. The van der Waals surface area contributed by atoms with Gasteiger partial charge in [-0.2, -0.15) is 0 Å². The van der Waals surface area contributed by atoms with Gasteiger partial charge >= 0.3 is 0 Å². The number of hydrogen-bond donors (Lipinski definition) is 2. The van der Waals surface area contributed by atoms with E-state index in [1.54, 1.807) is 7.11 Å². The lowest BCUT2D eigenvalue weighted by Gasteiger charge is -2.25. The first-order chi connectivity index (χ1) is 9.72. The van der Waals surface area contributed by atoms with Crippen molar-refractivity contribution in [3.63, 3.8) is 0 Å². The summed E-state index contributed by atoms with van der Waals surface area (Å²) in [7, 11) is 1.67. The average molecular weight is 276 g/mol. The van der Waals surface area contributed by atoms with Crippen LogP contribution in [-0.2, 0) is 11.2 Å². The molecule has 20 heavy (non-hydrogen) atoms. The van der Waals surface area contributed by atoms with Crippen LogP contribution in [0.4, 0.5) is 0 Å². The number of nitrogens with one attached hydrogen (secondary N) is 2. The largest absolute Gasteiger partial charge is 0.496 e. The number of amides is 1. The summed E-state index contributed by atoms with van der Waals surface area (Å²) in [6.45, 7) is 4.48. The first-order valence-corrected chi connectivity index (χ1v) is 7.33. The highest BCUT2D eigenvalue weighted by Crippen LogP contribution is 2.29. The van der Waals surface area contributed by atoms with Crippen LogP contribution in [-0.4, -0.2) is 32.7 Å². The molecule has 1 fully saturated rings. The van der Waals surface area contributed by atoms with Gasteiger partial charge in [0.05, 0.1) is 12.5 Å². The van der Waals surface area contributed by atoms with Crippen LogP contribution >= 0.6 is 0 Å². The Kier molecular flexibility index (Phi) is 5.01. The number of ether oxygens (including phenoxy) is 1. The van der Waals surface area contributed by atoms with E-state index in [0.717, 1.165) is 43.7 Å². The van der Waals surface area contributed by atoms with Gasteiger partial charge in [-0.25, -0.2) is 0 Å². The van der Waals surface area contributed by atoms with Crippen molar-refractivity contribution in [2.45, 2.75) is 26.2 Å². The maximum Gasteiger partial charge on any atom is 0.227 e. The Bertz CT molecular complexity index is 454. The summed E-state index contributed by atoms with van der Waals surface area (Å²) in [5.74, 6) is 1.06. The molecule has 0 aromatic heterocycles. The molecule has 1 amide bonds. The van der Waals surface area contributed by atoms with Crippen molar-refractivity contribution in [2.24, 2.45) is 5.41 Å². The fourth-order valence-electron chi connectivity index (χ4n) is 2.81. The van der Waals surface area contributed by atoms with Crippen LogP contribution in [0.1, 0.15) is 25.3 Å². The molecule has 1 aliphatic heterocycles. The van der Waals surface area contributed by atoms with E-state index in [1.807, 2.05) is 24.3 Å². The SMILES string of the molecule is CCC1(C(=O)NCCc2ccccc2OC)CCNC1. The second kappa shape index (κ2) is 6.75. The summed E-state index contributed by atoms with van der Waals surface area (Å²) in [5.41, 5.74) is 0.922. The molecule has 1 heterocycles. The van der Waals surface area contributed by atoms with Crippen molar-refractivity contribution in [1.29, 1.82) is 0 Å². The van der Waals surface area contributed by atoms with E-state index in [2.05, 4.69) is 17.6 Å². The van der Waals surface area contributed by atoms with Crippen molar-refractivity contribution in [3.05, 3.63) is 29.8 Å². The number of methoxy groups -OCH3 is 1. The van der Waals surface area contributed by atoms with Crippen LogP contribution in [0.25, 0.3) is 0 Å². The van der Waals surface area contributed by atoms with Crippen LogP contribution in [0.3, 0.4) is 0 Å². The van der Waals surface area contributed by atoms with Gasteiger partial charge in [0, 0.05) is 13.1 Å². The molecule has 0 bridgehead atoms. The summed E-state index contributed by atoms with van der Waals surface area (Å²) in [5, 5.41) is 6.37. The first kappa shape index (κ1) is 14.9. The summed E-state index contributed by atoms with van der Waals surface area (Å²) >= 11 is 0. The summed E-state index contributed by atoms with van der Waals surface area (Å²) in [6.07, 6.45) is 2.62. The monoisotopic (exact) mass is 276 g/mol. The molecule has 1 aromatic rings. The van der Waals surface area contributed by atoms with Crippen LogP contribution in [0, 0.1) is 5.41 Å². The van der Waals surface area contributed by atoms with Crippen molar-refractivity contribution < 1.29 is 9.53 Å². The van der Waals surface area contributed by atoms with Gasteiger partial charge in [0.2, 0.25) is 5.91 Å². The van der Waals surface area contributed by atoms with E-state index in [1.165, 1.54) is 0 Å². The zero-order chi connectivity index (χ0) is 14.4. The minimum absolute atomic E-state index is 0.180. The molecule has 2 rings (SSSR count). The molecule has 0 aliphatic carbocycles. The Labute approximate surface area is 120 Å². The van der Waals surface area contributed by atoms with Gasteiger partial charge in [-0.3, -0.25) is 4.79 Å². The smallest absolute Gasteiger partial charge is 0.227 e. The van der Waals surface area contributed by atoms with Gasteiger partial charge in [-0.1, -0.05) is 25.1 Å². The minimum Gasteiger partial charge on any atom is -0.496 e. The number of para-hydroxylation sites is 1. The third-order valence-electron chi connectivity index (χ3n) is 4.27. The van der Waals surface area contributed by atoms with E-state index in [0.29, 0.717) is 6.54 Å². The molecule has 0 saturated carbocycles. The summed E-state index contributed by atoms with van der Waals surface area (Å²) in [4.78, 5) is 12.4. The normalized spacial score (nSPS) is 21.7. The van der Waals surface area contributed by atoms with Crippen molar-refractivity contribution in [1.82, 2.24) is 10.6 Å². The molecule has 4 heteroatoms. The fourth-order valence-corrected chi connectivity index (χ4v) is 2.81. The van der Waals surface area contributed by atoms with Crippen molar-refractivity contribution >= 4 is 5.91 Å². The zero-order valence-electron chi connectivity index (χ0n) is 12.4. The second-order valence-corrected chi connectivity index (χ2v) is 5.38. The van der Waals surface area contributed by atoms with E-state index in [4.69, 9.17) is 4.74 Å². The molecule has 1 aromatic carbocycles. The lowest BCUT2D eigenvalue weighted by Crippen LogP contribution is -2.42. The van der Waals surface area contributed by atoms with E-state index >= 15 is 0 Å². The minimum atomic E-state index is -0.208. The van der Waals surface area contributed by atoms with Crippen molar-refractivity contribution in [3.8, 4) is 5.75 Å². The van der Waals surface area contributed by atoms with Crippen molar-refractivity contribution in [2.75, 3.05) is 26.7 Å². The molecule has 1 unspecified atom stereocenters. The molecule has 2 N–H and O–H groups in total. The van der Waals surface area contributed by atoms with Crippen LogP contribution in [0.2, 0.25) is 0 Å². The molecule has 1 saturated heterocycles. The summed E-state index contributed by atoms with van der Waals surface area (Å²) in [6, 6.07) is 7.94. The third-order valence-corrected chi connectivity index (χ3v) is 4.27. The topological polar surface area (TPSA) is 50.4 Å². The predicted octanol–water partition coefficient (Wildman–Crippen LogP) is 1.74. The van der Waals surface area contributed by atoms with Crippen LogP contribution in [0.5, 0.6) is 5.75 Å². The Balaban J connectivity index is 1.88. The summed E-state index contributed by atoms with van der Waals surface area (Å²) < 4.78 is 5.32. The molecule has 4 nitrogen and oxygen atoms in total. The maximum absolute atomic E-state index is 12.4. The van der Waals surface area contributed by atoms with Gasteiger partial charge in [-0.05, 0) is 37.4 Å². The van der Waals surface area contributed by atoms with Gasteiger partial charge < -0.3 is 15.4 Å².